The number of nitrogens with zero attached hydrogens (tertiary/aromatic N) is 1. The maximum Gasteiger partial charge on any atom is 0.338 e. The fourth-order valence-corrected chi connectivity index (χ4v) is 1.03. The molecule has 1 N–H and O–H groups in total. The molecule has 80 valence electrons. The van der Waals surface area contributed by atoms with Crippen molar-refractivity contribution in [1.29, 1.82) is 0 Å². The van der Waals surface area contributed by atoms with Crippen molar-refractivity contribution in [3.8, 4) is 5.75 Å². The molecule has 0 aliphatic rings. The molecule has 0 radical (unpaired) electrons. The summed E-state index contributed by atoms with van der Waals surface area (Å²) in [5.74, 6) is -1.04. The Balaban J connectivity index is 3.09. The van der Waals surface area contributed by atoms with Gasteiger partial charge in [0.2, 0.25) is 0 Å². The van der Waals surface area contributed by atoms with Crippen molar-refractivity contribution >= 4 is 11.7 Å². The number of ether oxygens (including phenoxy) is 1. The van der Waals surface area contributed by atoms with Gasteiger partial charge in [0.1, 0.15) is 5.75 Å². The maximum absolute atomic E-state index is 11.2. The number of phenolic OH excluding ortho intramolecular Hbond substituents is 1. The average Bonchev–Trinajstić information content (AvgIpc) is 2.17. The first-order valence-corrected chi connectivity index (χ1v) is 4.20. The first kappa shape index (κ1) is 11.0. The van der Waals surface area contributed by atoms with Crippen LogP contribution in [-0.4, -0.2) is 22.6 Å². The lowest BCUT2D eigenvalue weighted by molar-refractivity contribution is -0.385. The van der Waals surface area contributed by atoms with Gasteiger partial charge in [0.05, 0.1) is 23.2 Å². The number of carbonyl (C=O) groups excluding carboxylic acids is 1. The zero-order valence-electron chi connectivity index (χ0n) is 7.97. The molecule has 0 fully saturated rings. The van der Waals surface area contributed by atoms with Crippen molar-refractivity contribution in [1.82, 2.24) is 0 Å². The van der Waals surface area contributed by atoms with Crippen molar-refractivity contribution in [2.75, 3.05) is 6.61 Å². The Morgan fingerprint density at radius 2 is 2.20 bits per heavy atom. The second-order valence-corrected chi connectivity index (χ2v) is 2.72. The predicted octanol–water partition coefficient (Wildman–Crippen LogP) is 1.48. The summed E-state index contributed by atoms with van der Waals surface area (Å²) in [5.41, 5.74) is -0.387. The highest BCUT2D eigenvalue weighted by Crippen LogP contribution is 2.21. The van der Waals surface area contributed by atoms with E-state index in [1.807, 2.05) is 0 Å². The Kier molecular flexibility index (Phi) is 3.22. The smallest absolute Gasteiger partial charge is 0.338 e. The van der Waals surface area contributed by atoms with Gasteiger partial charge in [-0.15, -0.1) is 0 Å². The molecule has 15 heavy (non-hydrogen) atoms. The van der Waals surface area contributed by atoms with E-state index in [1.54, 1.807) is 6.92 Å². The highest BCUT2D eigenvalue weighted by Gasteiger charge is 2.14. The Morgan fingerprint density at radius 3 is 2.73 bits per heavy atom. The van der Waals surface area contributed by atoms with Crippen molar-refractivity contribution in [2.45, 2.75) is 6.92 Å². The van der Waals surface area contributed by atoms with Crippen LogP contribution in [-0.2, 0) is 4.74 Å². The van der Waals surface area contributed by atoms with Crippen LogP contribution in [0.2, 0.25) is 0 Å². The van der Waals surface area contributed by atoms with Crippen LogP contribution < -0.4 is 0 Å². The first-order valence-electron chi connectivity index (χ1n) is 4.20. The molecular formula is C9H9NO5. The molecule has 0 saturated heterocycles. The molecule has 0 amide bonds. The molecule has 6 nitrogen and oxygen atoms in total. The normalized spacial score (nSPS) is 9.67. The Hall–Kier alpha value is -2.11. The maximum atomic E-state index is 11.2. The predicted molar refractivity (Wildman–Crippen MR) is 50.7 cm³/mol. The molecule has 6 heteroatoms. The number of hydrogen-bond acceptors (Lipinski definition) is 5. The van der Waals surface area contributed by atoms with Gasteiger partial charge in [-0.1, -0.05) is 0 Å². The number of nitro benzene ring substituents is 1. The van der Waals surface area contributed by atoms with E-state index in [-0.39, 0.29) is 23.6 Å². The van der Waals surface area contributed by atoms with Crippen molar-refractivity contribution in [2.24, 2.45) is 0 Å². The Bertz CT molecular complexity index is 401. The summed E-state index contributed by atoms with van der Waals surface area (Å²) in [7, 11) is 0. The third-order valence-corrected chi connectivity index (χ3v) is 1.62. The van der Waals surface area contributed by atoms with Gasteiger partial charge in [-0.05, 0) is 13.0 Å². The molecule has 0 spiro atoms. The van der Waals surface area contributed by atoms with Crippen molar-refractivity contribution < 1.29 is 19.6 Å². The molecule has 0 unspecified atom stereocenters. The zero-order valence-corrected chi connectivity index (χ0v) is 7.97. The molecule has 1 rings (SSSR count). The number of phenols is 1. The molecular weight excluding hydrogens is 202 g/mol. The number of esters is 1. The van der Waals surface area contributed by atoms with Gasteiger partial charge < -0.3 is 9.84 Å². The lowest BCUT2D eigenvalue weighted by atomic mass is 10.2. The fraction of sp³-hybridized carbons (Fsp3) is 0.222. The summed E-state index contributed by atoms with van der Waals surface area (Å²) in [4.78, 5) is 21.0. The van der Waals surface area contributed by atoms with Gasteiger partial charge >= 0.3 is 5.97 Å². The molecule has 0 bridgehead atoms. The minimum absolute atomic E-state index is 0.0384. The quantitative estimate of drug-likeness (QED) is 0.464. The van der Waals surface area contributed by atoms with Crippen molar-refractivity contribution in [3.05, 3.63) is 33.9 Å². The van der Waals surface area contributed by atoms with E-state index in [0.29, 0.717) is 0 Å². The highest BCUT2D eigenvalue weighted by atomic mass is 16.6. The lowest BCUT2D eigenvalue weighted by Gasteiger charge is -2.02. The first-order chi connectivity index (χ1) is 7.04. The van der Waals surface area contributed by atoms with Crippen LogP contribution >= 0.6 is 0 Å². The minimum Gasteiger partial charge on any atom is -0.508 e. The van der Waals surface area contributed by atoms with Crippen LogP contribution in [0.1, 0.15) is 17.3 Å². The number of carbonyl (C=O) groups is 1. The monoisotopic (exact) mass is 211 g/mol. The Labute approximate surface area is 85.2 Å². The van der Waals surface area contributed by atoms with Gasteiger partial charge in [-0.3, -0.25) is 10.1 Å². The lowest BCUT2D eigenvalue weighted by Crippen LogP contribution is -2.05. The summed E-state index contributed by atoms with van der Waals surface area (Å²) < 4.78 is 4.65. The number of hydrogen-bond donors (Lipinski definition) is 1. The number of benzene rings is 1. The summed E-state index contributed by atoms with van der Waals surface area (Å²) >= 11 is 0. The van der Waals surface area contributed by atoms with E-state index in [4.69, 9.17) is 5.11 Å². The third kappa shape index (κ3) is 2.67. The molecule has 1 aromatic carbocycles. The SMILES string of the molecule is CCOC(=O)c1cc(O)cc([N+](=O)[O-])c1. The molecule has 0 aromatic heterocycles. The second-order valence-electron chi connectivity index (χ2n) is 2.72. The molecule has 0 aliphatic heterocycles. The Morgan fingerprint density at radius 1 is 1.53 bits per heavy atom. The molecule has 0 heterocycles. The van der Waals surface area contributed by atoms with E-state index in [1.165, 1.54) is 0 Å². The van der Waals surface area contributed by atoms with E-state index in [0.717, 1.165) is 18.2 Å². The van der Waals surface area contributed by atoms with Gasteiger partial charge in [-0.2, -0.15) is 0 Å². The van der Waals surface area contributed by atoms with E-state index < -0.39 is 10.9 Å². The summed E-state index contributed by atoms with van der Waals surface area (Å²) in [5, 5.41) is 19.6. The average molecular weight is 211 g/mol. The number of aromatic hydroxyl groups is 1. The zero-order chi connectivity index (χ0) is 11.4. The van der Waals surface area contributed by atoms with E-state index in [2.05, 4.69) is 4.74 Å². The van der Waals surface area contributed by atoms with Crippen molar-refractivity contribution in [3.63, 3.8) is 0 Å². The van der Waals surface area contributed by atoms with Crippen LogP contribution in [0.3, 0.4) is 0 Å². The fourth-order valence-electron chi connectivity index (χ4n) is 1.03. The van der Waals surface area contributed by atoms with Gasteiger partial charge in [-0.25, -0.2) is 4.79 Å². The van der Waals surface area contributed by atoms with Gasteiger partial charge in [0.15, 0.2) is 0 Å². The van der Waals surface area contributed by atoms with Crippen LogP contribution in [0.15, 0.2) is 18.2 Å². The largest absolute Gasteiger partial charge is 0.508 e. The summed E-state index contributed by atoms with van der Waals surface area (Å²) in [6, 6.07) is 3.13. The molecule has 0 saturated carbocycles. The topological polar surface area (TPSA) is 89.7 Å². The standard InChI is InChI=1S/C9H9NO5/c1-2-15-9(12)6-3-7(10(13)14)5-8(11)4-6/h3-5,11H,2H2,1H3. The van der Waals surface area contributed by atoms with Crippen LogP contribution in [0.5, 0.6) is 5.75 Å². The van der Waals surface area contributed by atoms with Crippen LogP contribution in [0.4, 0.5) is 5.69 Å². The highest BCUT2D eigenvalue weighted by molar-refractivity contribution is 5.90. The van der Waals surface area contributed by atoms with Crippen LogP contribution in [0, 0.1) is 10.1 Å². The van der Waals surface area contributed by atoms with E-state index in [9.17, 15) is 14.9 Å². The van der Waals surface area contributed by atoms with Crippen LogP contribution in [0.25, 0.3) is 0 Å². The van der Waals surface area contributed by atoms with Gasteiger partial charge in [0.25, 0.3) is 5.69 Å². The molecule has 0 atom stereocenters. The second kappa shape index (κ2) is 4.41. The number of nitro groups is 1. The molecule has 1 aromatic rings. The number of non-ortho nitro benzene ring substituents is 1. The summed E-state index contributed by atoms with van der Waals surface area (Å²) in [6.07, 6.45) is 0. The third-order valence-electron chi connectivity index (χ3n) is 1.62. The molecule has 0 aliphatic carbocycles. The summed E-state index contributed by atoms with van der Waals surface area (Å²) in [6.45, 7) is 1.79. The van der Waals surface area contributed by atoms with E-state index >= 15 is 0 Å². The van der Waals surface area contributed by atoms with Gasteiger partial charge in [0, 0.05) is 6.07 Å². The minimum atomic E-state index is -0.698. The number of rotatable bonds is 3.